The third-order valence-corrected chi connectivity index (χ3v) is 4.53. The Hall–Kier alpha value is -1.39. The van der Waals surface area contributed by atoms with Gasteiger partial charge in [-0.2, -0.15) is 0 Å². The van der Waals surface area contributed by atoms with Gasteiger partial charge in [0.05, 0.1) is 12.7 Å². The van der Waals surface area contributed by atoms with Crippen molar-refractivity contribution < 1.29 is 9.53 Å². The first-order chi connectivity index (χ1) is 10.2. The fourth-order valence-corrected chi connectivity index (χ4v) is 3.16. The molecule has 116 valence electrons. The van der Waals surface area contributed by atoms with E-state index in [2.05, 4.69) is 17.9 Å². The average Bonchev–Trinajstić information content (AvgIpc) is 2.54. The van der Waals surface area contributed by atoms with Crippen LogP contribution in [-0.2, 0) is 11.3 Å². The van der Waals surface area contributed by atoms with Crippen LogP contribution in [0.3, 0.4) is 0 Å². The number of carbonyl (C=O) groups is 1. The zero-order valence-corrected chi connectivity index (χ0v) is 13.0. The van der Waals surface area contributed by atoms with Gasteiger partial charge < -0.3 is 10.5 Å². The highest BCUT2D eigenvalue weighted by atomic mass is 16.5. The van der Waals surface area contributed by atoms with Crippen LogP contribution in [0, 0.1) is 5.92 Å². The summed E-state index contributed by atoms with van der Waals surface area (Å²) in [5.41, 5.74) is 7.71. The minimum atomic E-state index is -0.281. The van der Waals surface area contributed by atoms with E-state index >= 15 is 0 Å². The van der Waals surface area contributed by atoms with E-state index in [1.54, 1.807) is 6.07 Å². The average molecular weight is 290 g/mol. The highest BCUT2D eigenvalue weighted by Crippen LogP contribution is 2.26. The molecule has 0 amide bonds. The van der Waals surface area contributed by atoms with Crippen molar-refractivity contribution in [2.24, 2.45) is 11.7 Å². The van der Waals surface area contributed by atoms with Crippen LogP contribution in [0.25, 0.3) is 0 Å². The van der Waals surface area contributed by atoms with Crippen molar-refractivity contribution >= 4 is 5.97 Å². The largest absolute Gasteiger partial charge is 0.465 e. The molecule has 1 heterocycles. The Morgan fingerprint density at radius 1 is 1.48 bits per heavy atom. The zero-order valence-electron chi connectivity index (χ0n) is 13.0. The molecule has 0 spiro atoms. The fraction of sp³-hybridized carbons (Fsp3) is 0.588. The molecule has 2 N–H and O–H groups in total. The van der Waals surface area contributed by atoms with Gasteiger partial charge >= 0.3 is 5.97 Å². The highest BCUT2D eigenvalue weighted by Gasteiger charge is 2.26. The monoisotopic (exact) mass is 290 g/mol. The molecule has 0 aliphatic carbocycles. The standard InChI is InChI=1S/C17H26N2O2/c1-3-13-7-8-19(16(10-13)11-18)12-14-5-4-6-15(9-14)17(20)21-2/h4-6,9,13,16H,3,7-8,10-12,18H2,1-2H3. The minimum absolute atomic E-state index is 0.281. The number of nitrogens with zero attached hydrogens (tertiary/aromatic N) is 1. The Labute approximate surface area is 127 Å². The van der Waals surface area contributed by atoms with Crippen LogP contribution in [-0.4, -0.2) is 37.1 Å². The van der Waals surface area contributed by atoms with Crippen molar-refractivity contribution in [1.29, 1.82) is 0 Å². The first kappa shape index (κ1) is 16.0. The number of piperidine rings is 1. The number of ether oxygens (including phenoxy) is 1. The molecule has 0 bridgehead atoms. The number of hydrogen-bond donors (Lipinski definition) is 1. The first-order valence-electron chi connectivity index (χ1n) is 7.79. The molecule has 4 nitrogen and oxygen atoms in total. The fourth-order valence-electron chi connectivity index (χ4n) is 3.16. The van der Waals surface area contributed by atoms with Gasteiger partial charge in [0.15, 0.2) is 0 Å². The second-order valence-corrected chi connectivity index (χ2v) is 5.85. The number of esters is 1. The number of likely N-dealkylation sites (tertiary alicyclic amines) is 1. The number of nitrogens with two attached hydrogens (primary N) is 1. The second-order valence-electron chi connectivity index (χ2n) is 5.85. The minimum Gasteiger partial charge on any atom is -0.465 e. The third-order valence-electron chi connectivity index (χ3n) is 4.53. The summed E-state index contributed by atoms with van der Waals surface area (Å²) in [4.78, 5) is 14.1. The number of methoxy groups -OCH3 is 1. The Kier molecular flexibility index (Phi) is 5.76. The third kappa shape index (κ3) is 4.05. The van der Waals surface area contributed by atoms with Gasteiger partial charge in [0, 0.05) is 19.1 Å². The first-order valence-corrected chi connectivity index (χ1v) is 7.79. The molecule has 2 unspecified atom stereocenters. The smallest absolute Gasteiger partial charge is 0.337 e. The van der Waals surface area contributed by atoms with Gasteiger partial charge in [-0.05, 0) is 43.0 Å². The van der Waals surface area contributed by atoms with Crippen LogP contribution in [0.2, 0.25) is 0 Å². The molecule has 1 fully saturated rings. The Balaban J connectivity index is 2.05. The Bertz CT molecular complexity index is 476. The zero-order chi connectivity index (χ0) is 15.2. The Morgan fingerprint density at radius 2 is 2.29 bits per heavy atom. The lowest BCUT2D eigenvalue weighted by Gasteiger charge is -2.39. The van der Waals surface area contributed by atoms with Gasteiger partial charge in [-0.3, -0.25) is 4.90 Å². The van der Waals surface area contributed by atoms with Crippen molar-refractivity contribution in [2.75, 3.05) is 20.2 Å². The summed E-state index contributed by atoms with van der Waals surface area (Å²) in [5.74, 6) is 0.521. The maximum Gasteiger partial charge on any atom is 0.337 e. The number of hydrogen-bond acceptors (Lipinski definition) is 4. The molecule has 1 aliphatic rings. The van der Waals surface area contributed by atoms with Crippen LogP contribution in [0.1, 0.15) is 42.1 Å². The Morgan fingerprint density at radius 3 is 2.95 bits per heavy atom. The molecule has 0 radical (unpaired) electrons. The van der Waals surface area contributed by atoms with E-state index in [0.29, 0.717) is 18.2 Å². The maximum atomic E-state index is 11.6. The lowest BCUT2D eigenvalue weighted by atomic mass is 9.88. The summed E-state index contributed by atoms with van der Waals surface area (Å²) in [6.45, 7) is 4.90. The van der Waals surface area contributed by atoms with Gasteiger partial charge in [0.1, 0.15) is 0 Å². The predicted octanol–water partition coefficient (Wildman–Crippen LogP) is 2.42. The molecule has 21 heavy (non-hydrogen) atoms. The summed E-state index contributed by atoms with van der Waals surface area (Å²) >= 11 is 0. The van der Waals surface area contributed by atoms with E-state index in [9.17, 15) is 4.79 Å². The lowest BCUT2D eigenvalue weighted by Crippen LogP contribution is -2.46. The van der Waals surface area contributed by atoms with E-state index in [-0.39, 0.29) is 5.97 Å². The van der Waals surface area contributed by atoms with E-state index in [4.69, 9.17) is 10.5 Å². The number of carbonyl (C=O) groups excluding carboxylic acids is 1. The van der Waals surface area contributed by atoms with Crippen LogP contribution in [0.5, 0.6) is 0 Å². The predicted molar refractivity (Wildman–Crippen MR) is 84.0 cm³/mol. The van der Waals surface area contributed by atoms with Crippen molar-refractivity contribution in [2.45, 2.75) is 38.8 Å². The SMILES string of the molecule is CCC1CCN(Cc2cccc(C(=O)OC)c2)C(CN)C1. The molecular weight excluding hydrogens is 264 g/mol. The molecule has 2 atom stereocenters. The topological polar surface area (TPSA) is 55.6 Å². The maximum absolute atomic E-state index is 11.6. The summed E-state index contributed by atoms with van der Waals surface area (Å²) in [6.07, 6.45) is 3.66. The lowest BCUT2D eigenvalue weighted by molar-refractivity contribution is 0.0600. The van der Waals surface area contributed by atoms with Crippen LogP contribution in [0.4, 0.5) is 0 Å². The molecule has 2 rings (SSSR count). The molecule has 4 heteroatoms. The molecule has 1 aromatic carbocycles. The van der Waals surface area contributed by atoms with Crippen LogP contribution >= 0.6 is 0 Å². The molecule has 1 aromatic rings. The van der Waals surface area contributed by atoms with E-state index in [1.807, 2.05) is 12.1 Å². The van der Waals surface area contributed by atoms with Gasteiger partial charge in [-0.1, -0.05) is 25.5 Å². The molecule has 0 aromatic heterocycles. The van der Waals surface area contributed by atoms with E-state index < -0.39 is 0 Å². The molecule has 1 aliphatic heterocycles. The van der Waals surface area contributed by atoms with Crippen LogP contribution < -0.4 is 5.73 Å². The number of rotatable bonds is 5. The van der Waals surface area contributed by atoms with Crippen molar-refractivity contribution in [3.05, 3.63) is 35.4 Å². The van der Waals surface area contributed by atoms with E-state index in [1.165, 1.54) is 26.4 Å². The van der Waals surface area contributed by atoms with Crippen molar-refractivity contribution in [3.8, 4) is 0 Å². The highest BCUT2D eigenvalue weighted by molar-refractivity contribution is 5.89. The van der Waals surface area contributed by atoms with Crippen molar-refractivity contribution in [3.63, 3.8) is 0 Å². The summed E-state index contributed by atoms with van der Waals surface area (Å²) < 4.78 is 4.78. The van der Waals surface area contributed by atoms with Crippen molar-refractivity contribution in [1.82, 2.24) is 4.90 Å². The summed E-state index contributed by atoms with van der Waals surface area (Å²) in [5, 5.41) is 0. The normalized spacial score (nSPS) is 23.0. The summed E-state index contributed by atoms with van der Waals surface area (Å²) in [7, 11) is 1.41. The van der Waals surface area contributed by atoms with Crippen LogP contribution in [0.15, 0.2) is 24.3 Å². The quantitative estimate of drug-likeness (QED) is 0.846. The molecule has 0 saturated carbocycles. The van der Waals surface area contributed by atoms with E-state index in [0.717, 1.165) is 24.6 Å². The summed E-state index contributed by atoms with van der Waals surface area (Å²) in [6, 6.07) is 8.14. The van der Waals surface area contributed by atoms with Gasteiger partial charge in [-0.25, -0.2) is 4.79 Å². The second kappa shape index (κ2) is 7.57. The molecule has 1 saturated heterocycles. The number of benzene rings is 1. The van der Waals surface area contributed by atoms with Gasteiger partial charge in [0.2, 0.25) is 0 Å². The van der Waals surface area contributed by atoms with Gasteiger partial charge in [0.25, 0.3) is 0 Å². The molecular formula is C17H26N2O2. The van der Waals surface area contributed by atoms with Gasteiger partial charge in [-0.15, -0.1) is 0 Å².